The maximum absolute atomic E-state index is 5.70. The normalized spacial score (nSPS) is 10.1. The molecule has 0 saturated heterocycles. The first-order chi connectivity index (χ1) is 7.70. The van der Waals surface area contributed by atoms with Gasteiger partial charge in [0.1, 0.15) is 5.75 Å². The van der Waals surface area contributed by atoms with E-state index in [4.69, 9.17) is 22.1 Å². The maximum atomic E-state index is 5.70. The number of hydrogen-bond donors (Lipinski definition) is 1. The number of hydrogen-bond acceptors (Lipinski definition) is 4. The van der Waals surface area contributed by atoms with Crippen molar-refractivity contribution < 1.29 is 4.74 Å². The molecule has 0 unspecified atom stereocenters. The molecule has 0 bridgehead atoms. The van der Waals surface area contributed by atoms with Crippen molar-refractivity contribution in [3.63, 3.8) is 0 Å². The summed E-state index contributed by atoms with van der Waals surface area (Å²) in [5, 5.41) is 7.94. The van der Waals surface area contributed by atoms with E-state index in [1.165, 1.54) is 0 Å². The Hall–Kier alpha value is -1.81. The van der Waals surface area contributed by atoms with Gasteiger partial charge in [-0.1, -0.05) is 23.7 Å². The van der Waals surface area contributed by atoms with E-state index in [-0.39, 0.29) is 5.15 Å². The second-order valence-corrected chi connectivity index (χ2v) is 3.57. The van der Waals surface area contributed by atoms with E-state index in [2.05, 4.69) is 10.2 Å². The van der Waals surface area contributed by atoms with Crippen LogP contribution in [0.15, 0.2) is 30.3 Å². The molecule has 0 aliphatic carbocycles. The van der Waals surface area contributed by atoms with Gasteiger partial charge in [0, 0.05) is 5.56 Å². The highest BCUT2D eigenvalue weighted by molar-refractivity contribution is 6.31. The molecule has 2 aromatic rings. The molecule has 2 rings (SSSR count). The van der Waals surface area contributed by atoms with E-state index < -0.39 is 0 Å². The fraction of sp³-hybridized carbons (Fsp3) is 0.0909. The number of nitrogen functional groups attached to an aromatic ring is 1. The molecule has 0 aliphatic heterocycles. The Labute approximate surface area is 98.0 Å². The Morgan fingerprint density at radius 2 is 2.06 bits per heavy atom. The van der Waals surface area contributed by atoms with Crippen LogP contribution in [0.2, 0.25) is 5.15 Å². The van der Waals surface area contributed by atoms with Crippen LogP contribution in [0.25, 0.3) is 11.3 Å². The highest BCUT2D eigenvalue weighted by Gasteiger charge is 2.05. The quantitative estimate of drug-likeness (QED) is 0.868. The zero-order valence-corrected chi connectivity index (χ0v) is 9.40. The molecule has 5 heteroatoms. The third kappa shape index (κ3) is 2.06. The molecule has 0 radical (unpaired) electrons. The van der Waals surface area contributed by atoms with Gasteiger partial charge in [-0.05, 0) is 18.2 Å². The predicted molar refractivity (Wildman–Crippen MR) is 63.4 cm³/mol. The van der Waals surface area contributed by atoms with Crippen LogP contribution in [0.5, 0.6) is 5.75 Å². The molecular formula is C11H10ClN3O. The molecule has 16 heavy (non-hydrogen) atoms. The number of halogens is 1. The van der Waals surface area contributed by atoms with Gasteiger partial charge in [0.25, 0.3) is 0 Å². The summed E-state index contributed by atoms with van der Waals surface area (Å²) in [5.41, 5.74) is 7.63. The number of anilines is 1. The summed E-state index contributed by atoms with van der Waals surface area (Å²) in [6.07, 6.45) is 0. The third-order valence-corrected chi connectivity index (χ3v) is 2.44. The van der Waals surface area contributed by atoms with Crippen molar-refractivity contribution in [1.82, 2.24) is 10.2 Å². The zero-order valence-electron chi connectivity index (χ0n) is 8.64. The van der Waals surface area contributed by atoms with Crippen molar-refractivity contribution in [2.45, 2.75) is 0 Å². The van der Waals surface area contributed by atoms with Gasteiger partial charge in [-0.15, -0.1) is 10.2 Å². The molecule has 82 valence electrons. The summed E-state index contributed by atoms with van der Waals surface area (Å²) in [6, 6.07) is 9.18. The summed E-state index contributed by atoms with van der Waals surface area (Å²) in [6.45, 7) is 0. The number of benzene rings is 1. The lowest BCUT2D eigenvalue weighted by molar-refractivity contribution is 0.415. The van der Waals surface area contributed by atoms with Crippen molar-refractivity contribution in [3.8, 4) is 17.0 Å². The highest BCUT2D eigenvalue weighted by Crippen LogP contribution is 2.24. The standard InChI is InChI=1S/C11H10ClN3O/c1-16-8-4-2-3-7(5-8)10-6-9(13)11(12)15-14-10/h2-6H,1H3,(H2,13,14). The van der Waals surface area contributed by atoms with Gasteiger partial charge in [0.15, 0.2) is 5.15 Å². The smallest absolute Gasteiger partial charge is 0.174 e. The molecule has 0 fully saturated rings. The lowest BCUT2D eigenvalue weighted by Crippen LogP contribution is -1.94. The predicted octanol–water partition coefficient (Wildman–Crippen LogP) is 2.39. The molecule has 0 amide bonds. The van der Waals surface area contributed by atoms with Crippen LogP contribution >= 0.6 is 11.6 Å². The van der Waals surface area contributed by atoms with Crippen molar-refractivity contribution in [3.05, 3.63) is 35.5 Å². The number of nitrogens with zero attached hydrogens (tertiary/aromatic N) is 2. The maximum Gasteiger partial charge on any atom is 0.174 e. The largest absolute Gasteiger partial charge is 0.497 e. The Morgan fingerprint density at radius 1 is 1.25 bits per heavy atom. The van der Waals surface area contributed by atoms with Crippen molar-refractivity contribution in [2.24, 2.45) is 0 Å². The number of aromatic nitrogens is 2. The van der Waals surface area contributed by atoms with Crippen LogP contribution in [-0.4, -0.2) is 17.3 Å². The SMILES string of the molecule is COc1cccc(-c2cc(N)c(Cl)nn2)c1. The van der Waals surface area contributed by atoms with Gasteiger partial charge in [0.05, 0.1) is 18.5 Å². The van der Waals surface area contributed by atoms with Gasteiger partial charge in [-0.25, -0.2) is 0 Å². The molecule has 0 atom stereocenters. The molecule has 1 heterocycles. The molecule has 0 aliphatic rings. The van der Waals surface area contributed by atoms with Crippen LogP contribution in [-0.2, 0) is 0 Å². The summed E-state index contributed by atoms with van der Waals surface area (Å²) in [5.74, 6) is 0.757. The average molecular weight is 236 g/mol. The summed E-state index contributed by atoms with van der Waals surface area (Å²) >= 11 is 5.70. The van der Waals surface area contributed by atoms with E-state index in [9.17, 15) is 0 Å². The van der Waals surface area contributed by atoms with Gasteiger partial charge >= 0.3 is 0 Å². The minimum Gasteiger partial charge on any atom is -0.497 e. The molecule has 1 aromatic carbocycles. The molecule has 1 aromatic heterocycles. The number of rotatable bonds is 2. The highest BCUT2D eigenvalue weighted by atomic mass is 35.5. The second kappa shape index (κ2) is 4.37. The van der Waals surface area contributed by atoms with Gasteiger partial charge in [-0.3, -0.25) is 0 Å². The van der Waals surface area contributed by atoms with Crippen LogP contribution in [0, 0.1) is 0 Å². The average Bonchev–Trinajstić information content (AvgIpc) is 2.33. The lowest BCUT2D eigenvalue weighted by Gasteiger charge is -2.04. The van der Waals surface area contributed by atoms with E-state index in [0.717, 1.165) is 11.3 Å². The lowest BCUT2D eigenvalue weighted by atomic mass is 10.1. The molecule has 0 saturated carbocycles. The van der Waals surface area contributed by atoms with Crippen LogP contribution in [0.1, 0.15) is 0 Å². The van der Waals surface area contributed by atoms with Gasteiger partial charge in [-0.2, -0.15) is 0 Å². The van der Waals surface area contributed by atoms with E-state index >= 15 is 0 Å². The molecule has 4 nitrogen and oxygen atoms in total. The second-order valence-electron chi connectivity index (χ2n) is 3.21. The molecule has 2 N–H and O–H groups in total. The number of methoxy groups -OCH3 is 1. The van der Waals surface area contributed by atoms with Crippen LogP contribution in [0.3, 0.4) is 0 Å². The summed E-state index contributed by atoms with van der Waals surface area (Å²) < 4.78 is 5.12. The summed E-state index contributed by atoms with van der Waals surface area (Å²) in [4.78, 5) is 0. The van der Waals surface area contributed by atoms with E-state index in [0.29, 0.717) is 11.4 Å². The Bertz CT molecular complexity index is 516. The van der Waals surface area contributed by atoms with Crippen molar-refractivity contribution in [2.75, 3.05) is 12.8 Å². The first-order valence-electron chi connectivity index (χ1n) is 4.64. The zero-order chi connectivity index (χ0) is 11.5. The monoisotopic (exact) mass is 235 g/mol. The van der Waals surface area contributed by atoms with E-state index in [1.54, 1.807) is 13.2 Å². The van der Waals surface area contributed by atoms with Crippen molar-refractivity contribution in [1.29, 1.82) is 0 Å². The van der Waals surface area contributed by atoms with Crippen LogP contribution in [0.4, 0.5) is 5.69 Å². The number of nitrogens with two attached hydrogens (primary N) is 1. The third-order valence-electron chi connectivity index (χ3n) is 2.14. The molecule has 0 spiro atoms. The Morgan fingerprint density at radius 3 is 2.75 bits per heavy atom. The fourth-order valence-electron chi connectivity index (χ4n) is 1.31. The van der Waals surface area contributed by atoms with Gasteiger partial charge in [0.2, 0.25) is 0 Å². The minimum absolute atomic E-state index is 0.214. The first kappa shape index (κ1) is 10.7. The number of ether oxygens (including phenoxy) is 1. The summed E-state index contributed by atoms with van der Waals surface area (Å²) in [7, 11) is 1.61. The topological polar surface area (TPSA) is 61.0 Å². The first-order valence-corrected chi connectivity index (χ1v) is 5.01. The van der Waals surface area contributed by atoms with Gasteiger partial charge < -0.3 is 10.5 Å². The molecular weight excluding hydrogens is 226 g/mol. The van der Waals surface area contributed by atoms with E-state index in [1.807, 2.05) is 24.3 Å². The fourth-order valence-corrected chi connectivity index (χ4v) is 1.41. The van der Waals surface area contributed by atoms with Crippen molar-refractivity contribution >= 4 is 17.3 Å². The minimum atomic E-state index is 0.214. The Kier molecular flexibility index (Phi) is 2.92. The van der Waals surface area contributed by atoms with Crippen LogP contribution < -0.4 is 10.5 Å². The Balaban J connectivity index is 2.46.